The van der Waals surface area contributed by atoms with E-state index in [1.54, 1.807) is 4.90 Å². The van der Waals surface area contributed by atoms with Crippen molar-refractivity contribution in [3.05, 3.63) is 71.3 Å². The molecule has 2 aromatic carbocycles. The molecule has 2 aliphatic rings. The summed E-state index contributed by atoms with van der Waals surface area (Å²) in [6.07, 6.45) is 1.93. The van der Waals surface area contributed by atoms with Gasteiger partial charge in [-0.2, -0.15) is 0 Å². The Hall–Kier alpha value is -2.62. The number of likely N-dealkylation sites (tertiary alicyclic amines) is 1. The largest absolute Gasteiger partial charge is 0.445 e. The Bertz CT molecular complexity index is 792. The van der Waals surface area contributed by atoms with Crippen LogP contribution in [0.3, 0.4) is 0 Å². The van der Waals surface area contributed by atoms with Gasteiger partial charge in [0.1, 0.15) is 6.61 Å². The molecule has 1 spiro atoms. The van der Waals surface area contributed by atoms with Crippen LogP contribution in [0.4, 0.5) is 4.79 Å². The molecule has 4 nitrogen and oxygen atoms in total. The highest BCUT2D eigenvalue weighted by molar-refractivity contribution is 6.02. The average Bonchev–Trinajstić information content (AvgIpc) is 2.93. The summed E-state index contributed by atoms with van der Waals surface area (Å²) < 4.78 is 5.43. The fourth-order valence-corrected chi connectivity index (χ4v) is 4.06. The van der Waals surface area contributed by atoms with Gasteiger partial charge in [0.25, 0.3) is 0 Å². The van der Waals surface area contributed by atoms with Gasteiger partial charge in [0.05, 0.1) is 0 Å². The normalized spacial score (nSPS) is 18.2. The standard InChI is InChI=1S/C21H21NO3/c23-19-14-21(18-9-5-4-8-17(18)19)10-12-22(13-11-21)20(24)25-15-16-6-2-1-3-7-16/h1-9H,10-15H2. The zero-order valence-corrected chi connectivity index (χ0v) is 14.1. The van der Waals surface area contributed by atoms with Crippen molar-refractivity contribution in [2.24, 2.45) is 0 Å². The predicted molar refractivity (Wildman–Crippen MR) is 94.5 cm³/mol. The van der Waals surface area contributed by atoms with Crippen LogP contribution in [0.25, 0.3) is 0 Å². The Morgan fingerprint density at radius 2 is 1.68 bits per heavy atom. The summed E-state index contributed by atoms with van der Waals surface area (Å²) in [7, 11) is 0. The van der Waals surface area contributed by atoms with Crippen molar-refractivity contribution in [2.45, 2.75) is 31.3 Å². The van der Waals surface area contributed by atoms with E-state index in [1.165, 1.54) is 0 Å². The first-order valence-corrected chi connectivity index (χ1v) is 8.76. The minimum atomic E-state index is -0.267. The second-order valence-corrected chi connectivity index (χ2v) is 6.95. The molecule has 0 radical (unpaired) electrons. The minimum Gasteiger partial charge on any atom is -0.445 e. The molecular weight excluding hydrogens is 314 g/mol. The third-order valence-electron chi connectivity index (χ3n) is 5.48. The van der Waals surface area contributed by atoms with Crippen LogP contribution >= 0.6 is 0 Å². The molecule has 0 bridgehead atoms. The van der Waals surface area contributed by atoms with Gasteiger partial charge in [-0.15, -0.1) is 0 Å². The van der Waals surface area contributed by atoms with Crippen LogP contribution in [0.5, 0.6) is 0 Å². The molecule has 0 N–H and O–H groups in total. The zero-order valence-electron chi connectivity index (χ0n) is 14.1. The number of amides is 1. The third kappa shape index (κ3) is 2.93. The Kier molecular flexibility index (Phi) is 4.04. The minimum absolute atomic E-state index is 0.0934. The Labute approximate surface area is 147 Å². The summed E-state index contributed by atoms with van der Waals surface area (Å²) in [5.74, 6) is 0.232. The van der Waals surface area contributed by atoms with Crippen molar-refractivity contribution in [3.8, 4) is 0 Å². The summed E-state index contributed by atoms with van der Waals surface area (Å²) >= 11 is 0. The molecule has 4 heteroatoms. The topological polar surface area (TPSA) is 46.6 Å². The number of rotatable bonds is 2. The van der Waals surface area contributed by atoms with Gasteiger partial charge in [0.2, 0.25) is 0 Å². The van der Waals surface area contributed by atoms with Crippen LogP contribution in [0.15, 0.2) is 54.6 Å². The van der Waals surface area contributed by atoms with Crippen molar-refractivity contribution in [1.29, 1.82) is 0 Å². The number of carbonyl (C=O) groups is 2. The summed E-state index contributed by atoms with van der Waals surface area (Å²) in [4.78, 5) is 26.4. The molecule has 0 saturated carbocycles. The SMILES string of the molecule is O=C1CC2(CCN(C(=O)OCc3ccccc3)CC2)c2ccccc21. The van der Waals surface area contributed by atoms with E-state index in [4.69, 9.17) is 4.74 Å². The van der Waals surface area contributed by atoms with Gasteiger partial charge in [0, 0.05) is 30.5 Å². The van der Waals surface area contributed by atoms with Crippen LogP contribution < -0.4 is 0 Å². The fraction of sp³-hybridized carbons (Fsp3) is 0.333. The van der Waals surface area contributed by atoms with Gasteiger partial charge >= 0.3 is 6.09 Å². The van der Waals surface area contributed by atoms with E-state index in [2.05, 4.69) is 6.07 Å². The molecule has 1 aliphatic carbocycles. The number of hydrogen-bond donors (Lipinski definition) is 0. The summed E-state index contributed by atoms with van der Waals surface area (Å²) in [6.45, 7) is 1.56. The van der Waals surface area contributed by atoms with Crippen molar-refractivity contribution in [3.63, 3.8) is 0 Å². The molecule has 2 aromatic rings. The average molecular weight is 335 g/mol. The first kappa shape index (κ1) is 15.9. The highest BCUT2D eigenvalue weighted by Crippen LogP contribution is 2.46. The molecule has 1 amide bonds. The summed E-state index contributed by atoms with van der Waals surface area (Å²) in [5, 5.41) is 0. The van der Waals surface area contributed by atoms with Gasteiger partial charge < -0.3 is 9.64 Å². The number of hydrogen-bond acceptors (Lipinski definition) is 3. The maximum Gasteiger partial charge on any atom is 0.410 e. The molecule has 0 aromatic heterocycles. The van der Waals surface area contributed by atoms with E-state index >= 15 is 0 Å². The molecule has 1 saturated heterocycles. The van der Waals surface area contributed by atoms with Gasteiger partial charge in [-0.05, 0) is 24.0 Å². The molecule has 1 aliphatic heterocycles. The van der Waals surface area contributed by atoms with Crippen LogP contribution in [0, 0.1) is 0 Å². The van der Waals surface area contributed by atoms with Crippen molar-refractivity contribution in [1.82, 2.24) is 4.90 Å². The quantitative estimate of drug-likeness (QED) is 0.835. The van der Waals surface area contributed by atoms with Gasteiger partial charge in [-0.3, -0.25) is 4.79 Å². The van der Waals surface area contributed by atoms with Crippen molar-refractivity contribution < 1.29 is 14.3 Å². The van der Waals surface area contributed by atoms with E-state index in [0.29, 0.717) is 26.1 Å². The molecule has 4 rings (SSSR count). The molecule has 25 heavy (non-hydrogen) atoms. The van der Waals surface area contributed by atoms with Gasteiger partial charge in [0.15, 0.2) is 5.78 Å². The van der Waals surface area contributed by atoms with E-state index in [0.717, 1.165) is 29.5 Å². The zero-order chi connectivity index (χ0) is 17.3. The lowest BCUT2D eigenvalue weighted by Gasteiger charge is -2.39. The lowest BCUT2D eigenvalue weighted by atomic mass is 9.74. The van der Waals surface area contributed by atoms with Crippen molar-refractivity contribution in [2.75, 3.05) is 13.1 Å². The van der Waals surface area contributed by atoms with Crippen LogP contribution in [0.2, 0.25) is 0 Å². The molecule has 128 valence electrons. The smallest absolute Gasteiger partial charge is 0.410 e. The summed E-state index contributed by atoms with van der Waals surface area (Å²) in [6, 6.07) is 17.6. The second-order valence-electron chi connectivity index (χ2n) is 6.95. The number of nitrogens with zero attached hydrogens (tertiary/aromatic N) is 1. The first-order chi connectivity index (χ1) is 12.2. The van der Waals surface area contributed by atoms with Crippen molar-refractivity contribution >= 4 is 11.9 Å². The Balaban J connectivity index is 1.39. The number of Topliss-reactive ketones (excluding diaryl/α,β-unsaturated/α-hetero) is 1. The number of piperidine rings is 1. The lowest BCUT2D eigenvalue weighted by Crippen LogP contribution is -2.44. The Morgan fingerprint density at radius 1 is 1.00 bits per heavy atom. The van der Waals surface area contributed by atoms with E-state index < -0.39 is 0 Å². The Morgan fingerprint density at radius 3 is 2.44 bits per heavy atom. The second kappa shape index (κ2) is 6.36. The van der Waals surface area contributed by atoms with E-state index in [9.17, 15) is 9.59 Å². The van der Waals surface area contributed by atoms with Crippen LogP contribution in [0.1, 0.15) is 40.7 Å². The monoisotopic (exact) mass is 335 g/mol. The lowest BCUT2D eigenvalue weighted by molar-refractivity contribution is 0.0751. The summed E-state index contributed by atoms with van der Waals surface area (Å²) in [5.41, 5.74) is 2.92. The number of benzene rings is 2. The molecule has 1 heterocycles. The number of ketones is 1. The predicted octanol–water partition coefficient (Wildman–Crippen LogP) is 3.94. The third-order valence-corrected chi connectivity index (χ3v) is 5.48. The maximum atomic E-state index is 12.3. The van der Waals surface area contributed by atoms with E-state index in [-0.39, 0.29) is 17.3 Å². The van der Waals surface area contributed by atoms with Gasteiger partial charge in [-0.1, -0.05) is 54.6 Å². The number of fused-ring (bicyclic) bond motifs is 2. The highest BCUT2D eigenvalue weighted by Gasteiger charge is 2.45. The maximum absolute atomic E-state index is 12.3. The van der Waals surface area contributed by atoms with Crippen LogP contribution in [-0.4, -0.2) is 29.9 Å². The fourth-order valence-electron chi connectivity index (χ4n) is 4.06. The molecule has 0 atom stereocenters. The number of ether oxygens (including phenoxy) is 1. The number of carbonyl (C=O) groups excluding carboxylic acids is 2. The van der Waals surface area contributed by atoms with Gasteiger partial charge in [-0.25, -0.2) is 4.79 Å². The molecule has 1 fully saturated rings. The molecular formula is C21H21NO3. The van der Waals surface area contributed by atoms with Crippen LogP contribution in [-0.2, 0) is 16.8 Å². The first-order valence-electron chi connectivity index (χ1n) is 8.76. The van der Waals surface area contributed by atoms with E-state index in [1.807, 2.05) is 48.5 Å². The molecule has 0 unspecified atom stereocenters. The highest BCUT2D eigenvalue weighted by atomic mass is 16.6.